The van der Waals surface area contributed by atoms with Crippen molar-refractivity contribution in [3.63, 3.8) is 0 Å². The van der Waals surface area contributed by atoms with Gasteiger partial charge >= 0.3 is 0 Å². The van der Waals surface area contributed by atoms with Crippen molar-refractivity contribution in [1.29, 1.82) is 0 Å². The van der Waals surface area contributed by atoms with Crippen LogP contribution in [0.1, 0.15) is 42.3 Å². The highest BCUT2D eigenvalue weighted by atomic mass is 16.1. The zero-order chi connectivity index (χ0) is 16.2. The number of nitrogens with one attached hydrogen (secondary N) is 3. The fourth-order valence-corrected chi connectivity index (χ4v) is 3.26. The van der Waals surface area contributed by atoms with Gasteiger partial charge in [0.25, 0.3) is 5.91 Å². The van der Waals surface area contributed by atoms with Gasteiger partial charge in [-0.1, -0.05) is 6.07 Å². The number of rotatable bonds is 1. The number of carbonyl (C=O) groups excluding carboxylic acids is 1. The lowest BCUT2D eigenvalue weighted by Crippen LogP contribution is -2.40. The fourth-order valence-electron chi connectivity index (χ4n) is 3.26. The van der Waals surface area contributed by atoms with Crippen molar-refractivity contribution in [2.24, 2.45) is 0 Å². The van der Waals surface area contributed by atoms with Gasteiger partial charge in [0.15, 0.2) is 0 Å². The second-order valence-electron chi connectivity index (χ2n) is 7.21. The van der Waals surface area contributed by atoms with E-state index in [-0.39, 0.29) is 11.4 Å². The summed E-state index contributed by atoms with van der Waals surface area (Å²) in [5.41, 5.74) is 6.16. The summed E-state index contributed by atoms with van der Waals surface area (Å²) in [4.78, 5) is 15.8. The molecule has 0 fully saturated rings. The average molecular weight is 308 g/mol. The van der Waals surface area contributed by atoms with E-state index < -0.39 is 0 Å². The molecule has 0 atom stereocenters. The molecule has 2 aromatic heterocycles. The Morgan fingerprint density at radius 1 is 1.22 bits per heavy atom. The van der Waals surface area contributed by atoms with E-state index in [4.69, 9.17) is 0 Å². The Kier molecular flexibility index (Phi) is 2.88. The van der Waals surface area contributed by atoms with Gasteiger partial charge in [-0.05, 0) is 56.9 Å². The Labute approximate surface area is 134 Å². The van der Waals surface area contributed by atoms with Crippen molar-refractivity contribution >= 4 is 16.8 Å². The van der Waals surface area contributed by atoms with E-state index in [2.05, 4.69) is 20.5 Å². The molecule has 0 radical (unpaired) electrons. The molecule has 0 aliphatic heterocycles. The Bertz CT molecular complexity index is 911. The first kappa shape index (κ1) is 14.1. The van der Waals surface area contributed by atoms with Crippen LogP contribution < -0.4 is 5.32 Å². The Balaban J connectivity index is 1.79. The summed E-state index contributed by atoms with van der Waals surface area (Å²) in [7, 11) is 0. The number of nitrogens with zero attached hydrogens (tertiary/aromatic N) is 1. The van der Waals surface area contributed by atoms with Crippen LogP contribution in [0.25, 0.3) is 22.3 Å². The van der Waals surface area contributed by atoms with Crippen LogP contribution >= 0.6 is 0 Å². The third-order valence-corrected chi connectivity index (χ3v) is 4.27. The van der Waals surface area contributed by atoms with Crippen molar-refractivity contribution in [3.05, 3.63) is 41.1 Å². The maximum atomic E-state index is 12.4. The van der Waals surface area contributed by atoms with Crippen molar-refractivity contribution in [1.82, 2.24) is 20.5 Å². The quantitative estimate of drug-likeness (QED) is 0.646. The minimum absolute atomic E-state index is 0.0470. The topological polar surface area (TPSA) is 73.6 Å². The second-order valence-corrected chi connectivity index (χ2v) is 7.21. The molecule has 4 rings (SSSR count). The predicted molar refractivity (Wildman–Crippen MR) is 90.5 cm³/mol. The number of aromatic amines is 2. The summed E-state index contributed by atoms with van der Waals surface area (Å²) >= 11 is 0. The first-order valence-corrected chi connectivity index (χ1v) is 7.92. The molecule has 0 unspecified atom stereocenters. The van der Waals surface area contributed by atoms with Gasteiger partial charge in [0.1, 0.15) is 0 Å². The Morgan fingerprint density at radius 2 is 2.04 bits per heavy atom. The van der Waals surface area contributed by atoms with Gasteiger partial charge in [-0.15, -0.1) is 0 Å². The highest BCUT2D eigenvalue weighted by Crippen LogP contribution is 2.36. The molecule has 3 N–H and O–H groups in total. The molecule has 5 nitrogen and oxygen atoms in total. The second kappa shape index (κ2) is 4.72. The minimum atomic E-state index is -0.244. The van der Waals surface area contributed by atoms with Crippen LogP contribution in [-0.4, -0.2) is 26.6 Å². The standard InChI is InChI=1S/C18H20N4O/c1-18(2,3)21-17(23)10-4-6-12-13-7-5-11-9-19-22-15(11)16(13)20-14(12)8-10/h4,6,8-9,20H,5,7H2,1-3H3,(H,19,22)(H,21,23). The summed E-state index contributed by atoms with van der Waals surface area (Å²) in [6, 6.07) is 5.88. The number of hydrogen-bond donors (Lipinski definition) is 3. The molecule has 118 valence electrons. The van der Waals surface area contributed by atoms with Crippen LogP contribution in [0.3, 0.4) is 0 Å². The van der Waals surface area contributed by atoms with Gasteiger partial charge < -0.3 is 10.3 Å². The van der Waals surface area contributed by atoms with Gasteiger partial charge in [-0.2, -0.15) is 5.10 Å². The first-order valence-electron chi connectivity index (χ1n) is 7.92. The number of hydrogen-bond acceptors (Lipinski definition) is 2. The van der Waals surface area contributed by atoms with Crippen molar-refractivity contribution < 1.29 is 4.79 Å². The van der Waals surface area contributed by atoms with Gasteiger partial charge in [0, 0.05) is 22.0 Å². The molecule has 1 amide bonds. The largest absolute Gasteiger partial charge is 0.353 e. The number of aromatic nitrogens is 3. The molecule has 0 bridgehead atoms. The Hall–Kier alpha value is -2.56. The van der Waals surface area contributed by atoms with Crippen LogP contribution in [0.5, 0.6) is 0 Å². The van der Waals surface area contributed by atoms with Crippen LogP contribution in [0.15, 0.2) is 24.4 Å². The number of carbonyl (C=O) groups is 1. The number of H-pyrrole nitrogens is 2. The van der Waals surface area contributed by atoms with E-state index in [0.29, 0.717) is 5.56 Å². The summed E-state index contributed by atoms with van der Waals surface area (Å²) in [5.74, 6) is -0.0470. The zero-order valence-electron chi connectivity index (χ0n) is 13.6. The van der Waals surface area contributed by atoms with Gasteiger partial charge in [0.05, 0.1) is 17.6 Å². The third-order valence-electron chi connectivity index (χ3n) is 4.27. The molecule has 1 aromatic carbocycles. The van der Waals surface area contributed by atoms with Crippen LogP contribution in [0, 0.1) is 0 Å². The normalized spacial score (nSPS) is 13.7. The molecule has 0 spiro atoms. The van der Waals surface area contributed by atoms with E-state index >= 15 is 0 Å². The monoisotopic (exact) mass is 308 g/mol. The molecule has 23 heavy (non-hydrogen) atoms. The molecule has 0 saturated heterocycles. The maximum Gasteiger partial charge on any atom is 0.251 e. The molecular formula is C18H20N4O. The number of fused-ring (bicyclic) bond motifs is 5. The lowest BCUT2D eigenvalue weighted by molar-refractivity contribution is 0.0919. The van der Waals surface area contributed by atoms with Crippen LogP contribution in [-0.2, 0) is 12.8 Å². The van der Waals surface area contributed by atoms with Crippen molar-refractivity contribution in [2.75, 3.05) is 0 Å². The molecule has 1 aliphatic carbocycles. The maximum absolute atomic E-state index is 12.4. The van der Waals surface area contributed by atoms with E-state index in [1.54, 1.807) is 0 Å². The summed E-state index contributed by atoms with van der Waals surface area (Å²) < 4.78 is 0. The summed E-state index contributed by atoms with van der Waals surface area (Å²) in [6.45, 7) is 5.95. The van der Waals surface area contributed by atoms with Crippen LogP contribution in [0.4, 0.5) is 0 Å². The van der Waals surface area contributed by atoms with Crippen LogP contribution in [0.2, 0.25) is 0 Å². The molecule has 3 aromatic rings. The molecule has 0 saturated carbocycles. The molecule has 1 aliphatic rings. The average Bonchev–Trinajstić information content (AvgIpc) is 3.08. The van der Waals surface area contributed by atoms with E-state index in [1.165, 1.54) is 16.5 Å². The number of amides is 1. The van der Waals surface area contributed by atoms with E-state index in [1.807, 2.05) is 45.2 Å². The summed E-state index contributed by atoms with van der Waals surface area (Å²) in [5, 5.41) is 11.4. The molecule has 2 heterocycles. The van der Waals surface area contributed by atoms with E-state index in [9.17, 15) is 4.79 Å². The predicted octanol–water partition coefficient (Wildman–Crippen LogP) is 3.18. The number of benzene rings is 1. The first-order chi connectivity index (χ1) is 10.9. The van der Waals surface area contributed by atoms with Gasteiger partial charge in [-0.3, -0.25) is 9.89 Å². The molecular weight excluding hydrogens is 288 g/mol. The van der Waals surface area contributed by atoms with E-state index in [0.717, 1.165) is 29.7 Å². The zero-order valence-corrected chi connectivity index (χ0v) is 13.6. The highest BCUT2D eigenvalue weighted by molar-refractivity contribution is 6.00. The SMILES string of the molecule is CC(C)(C)NC(=O)c1ccc2c3c([nH]c2c1)-c1[nH]ncc1CC3. The molecule has 5 heteroatoms. The smallest absolute Gasteiger partial charge is 0.251 e. The third kappa shape index (κ3) is 2.32. The van der Waals surface area contributed by atoms with Crippen molar-refractivity contribution in [3.8, 4) is 11.4 Å². The number of aryl methyl sites for hydroxylation is 2. The lowest BCUT2D eigenvalue weighted by atomic mass is 9.94. The van der Waals surface area contributed by atoms with Crippen molar-refractivity contribution in [2.45, 2.75) is 39.2 Å². The highest BCUT2D eigenvalue weighted by Gasteiger charge is 2.23. The Morgan fingerprint density at radius 3 is 2.83 bits per heavy atom. The van der Waals surface area contributed by atoms with Gasteiger partial charge in [-0.25, -0.2) is 0 Å². The minimum Gasteiger partial charge on any atom is -0.353 e. The van der Waals surface area contributed by atoms with Gasteiger partial charge in [0.2, 0.25) is 0 Å². The summed E-state index contributed by atoms with van der Waals surface area (Å²) in [6.07, 6.45) is 3.89. The fraction of sp³-hybridized carbons (Fsp3) is 0.333. The lowest BCUT2D eigenvalue weighted by Gasteiger charge is -2.20.